The van der Waals surface area contributed by atoms with Gasteiger partial charge in [-0.2, -0.15) is 0 Å². The molecule has 2 amide bonds. The van der Waals surface area contributed by atoms with Gasteiger partial charge in [0.25, 0.3) is 11.6 Å². The minimum absolute atomic E-state index is 0.0743. The molecule has 0 aliphatic carbocycles. The molecular weight excluding hydrogens is 444 g/mol. The zero-order chi connectivity index (χ0) is 24.8. The molecule has 2 aliphatic rings. The zero-order valence-electron chi connectivity index (χ0n) is 20.4. The fraction of sp³-hybridized carbons (Fsp3) is 0.481. The van der Waals surface area contributed by atoms with Crippen molar-refractivity contribution in [3.05, 3.63) is 69.8 Å². The lowest BCUT2D eigenvalue weighted by atomic mass is 9.97. The Morgan fingerprint density at radius 2 is 1.60 bits per heavy atom. The number of piperazine rings is 1. The van der Waals surface area contributed by atoms with Crippen LogP contribution in [-0.4, -0.2) is 65.8 Å². The van der Waals surface area contributed by atoms with Crippen LogP contribution < -0.4 is 4.90 Å². The molecule has 0 unspecified atom stereocenters. The van der Waals surface area contributed by atoms with Crippen LogP contribution in [0.5, 0.6) is 0 Å². The molecule has 2 aromatic rings. The van der Waals surface area contributed by atoms with Gasteiger partial charge in [-0.25, -0.2) is 0 Å². The zero-order valence-corrected chi connectivity index (χ0v) is 20.4. The molecule has 8 nitrogen and oxygen atoms in total. The number of carbonyl (C=O) groups is 2. The number of non-ortho nitro benzene ring substituents is 1. The van der Waals surface area contributed by atoms with E-state index in [0.717, 1.165) is 44.5 Å². The van der Waals surface area contributed by atoms with Crippen LogP contribution in [0.25, 0.3) is 0 Å². The number of nitro groups is 1. The van der Waals surface area contributed by atoms with E-state index in [-0.39, 0.29) is 17.5 Å². The lowest BCUT2D eigenvalue weighted by Gasteiger charge is -2.37. The standard InChI is InChI=1S/C27H34N4O4/c1-21-12-14-28(15-13-21)25-11-10-23(31(34)35)20-24(25)27(33)30-18-16-29(17-19-30)26(32)9-5-8-22-6-3-2-4-7-22/h2-4,6-7,10-11,20-21H,5,8-9,12-19H2,1H3. The lowest BCUT2D eigenvalue weighted by Crippen LogP contribution is -2.50. The van der Waals surface area contributed by atoms with Crippen molar-refractivity contribution in [3.8, 4) is 0 Å². The molecule has 8 heteroatoms. The Balaban J connectivity index is 1.37. The van der Waals surface area contributed by atoms with Crippen LogP contribution in [0, 0.1) is 16.0 Å². The molecule has 2 saturated heterocycles. The summed E-state index contributed by atoms with van der Waals surface area (Å²) in [5.41, 5.74) is 2.31. The molecule has 2 aromatic carbocycles. The molecular formula is C27H34N4O4. The third kappa shape index (κ3) is 6.18. The summed E-state index contributed by atoms with van der Waals surface area (Å²) in [6.07, 6.45) is 4.24. The first-order chi connectivity index (χ1) is 16.9. The van der Waals surface area contributed by atoms with Gasteiger partial charge in [-0.05, 0) is 43.2 Å². The molecule has 0 atom stereocenters. The molecule has 4 rings (SSSR count). The summed E-state index contributed by atoms with van der Waals surface area (Å²) in [4.78, 5) is 42.8. The van der Waals surface area contributed by atoms with E-state index >= 15 is 0 Å². The van der Waals surface area contributed by atoms with Crippen LogP contribution >= 0.6 is 0 Å². The van der Waals surface area contributed by atoms with E-state index in [4.69, 9.17) is 0 Å². The molecule has 35 heavy (non-hydrogen) atoms. The number of hydrogen-bond donors (Lipinski definition) is 0. The highest BCUT2D eigenvalue weighted by atomic mass is 16.6. The Hall–Kier alpha value is -3.42. The molecule has 0 radical (unpaired) electrons. The molecule has 2 aliphatic heterocycles. The number of piperidine rings is 1. The summed E-state index contributed by atoms with van der Waals surface area (Å²) in [5, 5.41) is 11.4. The van der Waals surface area contributed by atoms with Gasteiger partial charge in [0.1, 0.15) is 0 Å². The van der Waals surface area contributed by atoms with E-state index in [1.165, 1.54) is 17.7 Å². The molecule has 0 bridgehead atoms. The smallest absolute Gasteiger partial charge is 0.270 e. The van der Waals surface area contributed by atoms with Crippen molar-refractivity contribution in [3.63, 3.8) is 0 Å². The highest BCUT2D eigenvalue weighted by Crippen LogP contribution is 2.30. The Labute approximate surface area is 206 Å². The Morgan fingerprint density at radius 1 is 0.943 bits per heavy atom. The maximum Gasteiger partial charge on any atom is 0.270 e. The van der Waals surface area contributed by atoms with Crippen LogP contribution in [0.15, 0.2) is 48.5 Å². The number of nitrogens with zero attached hydrogens (tertiary/aromatic N) is 4. The van der Waals surface area contributed by atoms with Crippen LogP contribution in [-0.2, 0) is 11.2 Å². The number of aryl methyl sites for hydroxylation is 1. The van der Waals surface area contributed by atoms with Crippen molar-refractivity contribution in [1.82, 2.24) is 9.80 Å². The number of hydrogen-bond acceptors (Lipinski definition) is 5. The van der Waals surface area contributed by atoms with Crippen molar-refractivity contribution in [2.45, 2.75) is 39.0 Å². The normalized spacial score (nSPS) is 16.9. The first kappa shape index (κ1) is 24.7. The van der Waals surface area contributed by atoms with Crippen LogP contribution in [0.3, 0.4) is 0 Å². The van der Waals surface area contributed by atoms with Gasteiger partial charge < -0.3 is 14.7 Å². The van der Waals surface area contributed by atoms with Gasteiger partial charge in [-0.1, -0.05) is 37.3 Å². The molecule has 186 valence electrons. The van der Waals surface area contributed by atoms with Gasteiger partial charge in [0.15, 0.2) is 0 Å². The van der Waals surface area contributed by atoms with Crippen molar-refractivity contribution < 1.29 is 14.5 Å². The maximum atomic E-state index is 13.5. The van der Waals surface area contributed by atoms with E-state index < -0.39 is 4.92 Å². The van der Waals surface area contributed by atoms with Gasteiger partial charge in [0.05, 0.1) is 16.2 Å². The van der Waals surface area contributed by atoms with E-state index in [1.807, 2.05) is 23.1 Å². The second-order valence-corrected chi connectivity index (χ2v) is 9.64. The number of carbonyl (C=O) groups excluding carboxylic acids is 2. The van der Waals surface area contributed by atoms with Crippen LogP contribution in [0.4, 0.5) is 11.4 Å². The molecule has 2 fully saturated rings. The predicted octanol–water partition coefficient (Wildman–Crippen LogP) is 4.14. The average molecular weight is 479 g/mol. The van der Waals surface area contributed by atoms with Gasteiger partial charge >= 0.3 is 0 Å². The molecule has 0 spiro atoms. The highest BCUT2D eigenvalue weighted by Gasteiger charge is 2.29. The van der Waals surface area contributed by atoms with Crippen LogP contribution in [0.1, 0.15) is 48.5 Å². The second-order valence-electron chi connectivity index (χ2n) is 9.64. The maximum absolute atomic E-state index is 13.5. The number of anilines is 1. The monoisotopic (exact) mass is 478 g/mol. The summed E-state index contributed by atoms with van der Waals surface area (Å²) >= 11 is 0. The second kappa shape index (κ2) is 11.3. The quantitative estimate of drug-likeness (QED) is 0.441. The van der Waals surface area contributed by atoms with Crippen LogP contribution in [0.2, 0.25) is 0 Å². The number of rotatable bonds is 7. The largest absolute Gasteiger partial charge is 0.371 e. The Kier molecular flexibility index (Phi) is 8.00. The third-order valence-electron chi connectivity index (χ3n) is 7.16. The van der Waals surface area contributed by atoms with E-state index in [9.17, 15) is 19.7 Å². The fourth-order valence-corrected chi connectivity index (χ4v) is 4.91. The third-order valence-corrected chi connectivity index (χ3v) is 7.16. The lowest BCUT2D eigenvalue weighted by molar-refractivity contribution is -0.384. The van der Waals surface area contributed by atoms with Crippen molar-refractivity contribution in [2.75, 3.05) is 44.2 Å². The summed E-state index contributed by atoms with van der Waals surface area (Å²) < 4.78 is 0. The Bertz CT molecular complexity index is 1040. The summed E-state index contributed by atoms with van der Waals surface area (Å²) in [5.74, 6) is 0.562. The van der Waals surface area contributed by atoms with Crippen molar-refractivity contribution in [1.29, 1.82) is 0 Å². The Morgan fingerprint density at radius 3 is 2.26 bits per heavy atom. The summed E-state index contributed by atoms with van der Waals surface area (Å²) in [7, 11) is 0. The van der Waals surface area contributed by atoms with E-state index in [2.05, 4.69) is 24.0 Å². The molecule has 0 saturated carbocycles. The van der Waals surface area contributed by atoms with E-state index in [0.29, 0.717) is 44.1 Å². The SMILES string of the molecule is CC1CCN(c2ccc([N+](=O)[O-])cc2C(=O)N2CCN(C(=O)CCCc3ccccc3)CC2)CC1. The first-order valence-electron chi connectivity index (χ1n) is 12.6. The number of benzene rings is 2. The minimum atomic E-state index is -0.453. The van der Waals surface area contributed by atoms with Crippen molar-refractivity contribution in [2.24, 2.45) is 5.92 Å². The average Bonchev–Trinajstić information content (AvgIpc) is 2.89. The molecule has 0 N–H and O–H groups in total. The summed E-state index contributed by atoms with van der Waals surface area (Å²) in [6.45, 7) is 5.74. The minimum Gasteiger partial charge on any atom is -0.371 e. The molecule has 0 aromatic heterocycles. The fourth-order valence-electron chi connectivity index (χ4n) is 4.91. The topological polar surface area (TPSA) is 87.0 Å². The first-order valence-corrected chi connectivity index (χ1v) is 12.6. The van der Waals surface area contributed by atoms with Gasteiger partial charge in [-0.15, -0.1) is 0 Å². The highest BCUT2D eigenvalue weighted by molar-refractivity contribution is 6.00. The molecule has 2 heterocycles. The summed E-state index contributed by atoms with van der Waals surface area (Å²) in [6, 6.07) is 14.8. The number of amides is 2. The van der Waals surface area contributed by atoms with Gasteiger partial charge in [0.2, 0.25) is 5.91 Å². The van der Waals surface area contributed by atoms with E-state index in [1.54, 1.807) is 11.0 Å². The number of nitro benzene ring substituents is 1. The van der Waals surface area contributed by atoms with Gasteiger partial charge in [-0.3, -0.25) is 19.7 Å². The predicted molar refractivity (Wildman–Crippen MR) is 136 cm³/mol. The van der Waals surface area contributed by atoms with Gasteiger partial charge in [0, 0.05) is 57.8 Å². The van der Waals surface area contributed by atoms with Crippen molar-refractivity contribution >= 4 is 23.2 Å².